The van der Waals surface area contributed by atoms with Crippen LogP contribution in [0.3, 0.4) is 0 Å². The van der Waals surface area contributed by atoms with E-state index >= 15 is 0 Å². The summed E-state index contributed by atoms with van der Waals surface area (Å²) in [6.07, 6.45) is 1.94. The molecule has 4 N–H and O–H groups in total. The van der Waals surface area contributed by atoms with Gasteiger partial charge in [0.15, 0.2) is 5.82 Å². The Bertz CT molecular complexity index is 761. The molecule has 0 radical (unpaired) electrons. The molecule has 1 unspecified atom stereocenters. The highest BCUT2D eigenvalue weighted by atomic mass is 35.5. The second-order valence-corrected chi connectivity index (χ2v) is 5.99. The van der Waals surface area contributed by atoms with Gasteiger partial charge in [-0.15, -0.1) is 12.4 Å². The third-order valence-corrected chi connectivity index (χ3v) is 4.31. The van der Waals surface area contributed by atoms with Crippen LogP contribution in [0.2, 0.25) is 0 Å². The van der Waals surface area contributed by atoms with Crippen LogP contribution in [0.15, 0.2) is 24.3 Å². The van der Waals surface area contributed by atoms with Gasteiger partial charge < -0.3 is 16.0 Å². The number of halogens is 1. The fraction of sp³-hybridized carbons (Fsp3) is 0.412. The molecule has 26 heavy (non-hydrogen) atoms. The van der Waals surface area contributed by atoms with Crippen LogP contribution in [0.4, 0.5) is 5.69 Å². The van der Waals surface area contributed by atoms with Gasteiger partial charge in [-0.05, 0) is 37.1 Å². The maximum absolute atomic E-state index is 12.5. The van der Waals surface area contributed by atoms with E-state index in [0.29, 0.717) is 43.3 Å². The minimum Gasteiger partial charge on any atom is -0.331 e. The summed E-state index contributed by atoms with van der Waals surface area (Å²) < 4.78 is 0. The van der Waals surface area contributed by atoms with Crippen molar-refractivity contribution in [2.45, 2.75) is 38.8 Å². The number of aromatic amines is 1. The molecule has 1 aromatic carbocycles. The Balaban J connectivity index is 0.00000243. The predicted octanol–water partition coefficient (Wildman–Crippen LogP) is 1.69. The summed E-state index contributed by atoms with van der Waals surface area (Å²) in [6.45, 7) is 2.87. The van der Waals surface area contributed by atoms with Gasteiger partial charge in [0.05, 0.1) is 6.54 Å². The average molecular weight is 379 g/mol. The number of anilines is 1. The van der Waals surface area contributed by atoms with Crippen molar-refractivity contribution in [3.8, 4) is 11.4 Å². The largest absolute Gasteiger partial charge is 0.331 e. The lowest BCUT2D eigenvalue weighted by Gasteiger charge is -2.25. The van der Waals surface area contributed by atoms with E-state index in [0.717, 1.165) is 12.0 Å². The van der Waals surface area contributed by atoms with Gasteiger partial charge in [0.25, 0.3) is 0 Å². The number of aromatic nitrogens is 3. The lowest BCUT2D eigenvalue weighted by atomic mass is 10.1. The Morgan fingerprint density at radius 1 is 1.38 bits per heavy atom. The number of H-pyrrole nitrogens is 1. The molecule has 0 spiro atoms. The SMILES string of the molecule is CCC(C(=O)Nc1ccc(-c2n[nH]c(CN)n2)cc1)N1CCCC1=O.Cl. The van der Waals surface area contributed by atoms with E-state index in [-0.39, 0.29) is 24.2 Å². The fourth-order valence-corrected chi connectivity index (χ4v) is 2.99. The minimum atomic E-state index is -0.421. The summed E-state index contributed by atoms with van der Waals surface area (Å²) in [5.74, 6) is 1.08. The first kappa shape index (κ1) is 19.9. The number of nitrogens with two attached hydrogens (primary N) is 1. The van der Waals surface area contributed by atoms with Crippen molar-refractivity contribution in [1.82, 2.24) is 20.1 Å². The lowest BCUT2D eigenvalue weighted by molar-refractivity contribution is -0.135. The number of hydrogen-bond donors (Lipinski definition) is 3. The van der Waals surface area contributed by atoms with E-state index in [2.05, 4.69) is 20.5 Å². The normalized spacial score (nSPS) is 14.8. The molecule has 1 aliphatic rings. The predicted molar refractivity (Wildman–Crippen MR) is 101 cm³/mol. The van der Waals surface area contributed by atoms with Crippen LogP contribution in [0, 0.1) is 0 Å². The molecule has 2 heterocycles. The van der Waals surface area contributed by atoms with Gasteiger partial charge >= 0.3 is 0 Å². The molecule has 2 aromatic rings. The Labute approximate surface area is 158 Å². The molecule has 0 bridgehead atoms. The Kier molecular flexibility index (Phi) is 6.70. The number of nitrogens with zero attached hydrogens (tertiary/aromatic N) is 3. The van der Waals surface area contributed by atoms with Gasteiger partial charge in [-0.2, -0.15) is 5.10 Å². The van der Waals surface area contributed by atoms with Gasteiger partial charge in [-0.3, -0.25) is 14.7 Å². The summed E-state index contributed by atoms with van der Waals surface area (Å²) in [5.41, 5.74) is 7.02. The van der Waals surface area contributed by atoms with E-state index in [1.54, 1.807) is 17.0 Å². The molecule has 140 valence electrons. The Morgan fingerprint density at radius 2 is 2.12 bits per heavy atom. The first-order valence-corrected chi connectivity index (χ1v) is 8.44. The summed E-state index contributed by atoms with van der Waals surface area (Å²) in [4.78, 5) is 30.3. The highest BCUT2D eigenvalue weighted by Crippen LogP contribution is 2.20. The molecule has 1 aromatic heterocycles. The van der Waals surface area contributed by atoms with E-state index in [9.17, 15) is 9.59 Å². The molecule has 0 saturated carbocycles. The maximum Gasteiger partial charge on any atom is 0.247 e. The Morgan fingerprint density at radius 3 is 2.65 bits per heavy atom. The van der Waals surface area contributed by atoms with Crippen LogP contribution in [0.25, 0.3) is 11.4 Å². The van der Waals surface area contributed by atoms with Crippen molar-refractivity contribution in [2.24, 2.45) is 5.73 Å². The summed E-state index contributed by atoms with van der Waals surface area (Å²) in [6, 6.07) is 6.84. The summed E-state index contributed by atoms with van der Waals surface area (Å²) in [7, 11) is 0. The molecule has 0 aliphatic carbocycles. The van der Waals surface area contributed by atoms with Crippen LogP contribution in [-0.4, -0.2) is 44.5 Å². The fourth-order valence-electron chi connectivity index (χ4n) is 2.99. The second kappa shape index (κ2) is 8.77. The van der Waals surface area contributed by atoms with Crippen molar-refractivity contribution < 1.29 is 9.59 Å². The molecule has 1 fully saturated rings. The van der Waals surface area contributed by atoms with E-state index in [1.807, 2.05) is 19.1 Å². The van der Waals surface area contributed by atoms with Crippen molar-refractivity contribution in [2.75, 3.05) is 11.9 Å². The van der Waals surface area contributed by atoms with Gasteiger partial charge in [0, 0.05) is 24.2 Å². The highest BCUT2D eigenvalue weighted by Gasteiger charge is 2.31. The average Bonchev–Trinajstić information content (AvgIpc) is 3.26. The third-order valence-electron chi connectivity index (χ3n) is 4.31. The Hall–Kier alpha value is -2.45. The van der Waals surface area contributed by atoms with E-state index in [4.69, 9.17) is 5.73 Å². The molecule has 1 atom stereocenters. The molecular weight excluding hydrogens is 356 g/mol. The summed E-state index contributed by atoms with van der Waals surface area (Å²) in [5, 5.41) is 9.75. The van der Waals surface area contributed by atoms with Crippen molar-refractivity contribution in [3.63, 3.8) is 0 Å². The zero-order chi connectivity index (χ0) is 17.8. The molecular formula is C17H23ClN6O2. The molecule has 3 rings (SSSR count). The molecule has 1 saturated heterocycles. The van der Waals surface area contributed by atoms with Crippen molar-refractivity contribution in [3.05, 3.63) is 30.1 Å². The van der Waals surface area contributed by atoms with Crippen molar-refractivity contribution >= 4 is 29.9 Å². The number of benzene rings is 1. The number of hydrogen-bond acceptors (Lipinski definition) is 5. The molecule has 9 heteroatoms. The molecule has 1 aliphatic heterocycles. The number of likely N-dealkylation sites (tertiary alicyclic amines) is 1. The van der Waals surface area contributed by atoms with Gasteiger partial charge in [-0.1, -0.05) is 6.92 Å². The van der Waals surface area contributed by atoms with Crippen LogP contribution in [0.1, 0.15) is 32.0 Å². The number of nitrogens with one attached hydrogen (secondary N) is 2. The number of amides is 2. The van der Waals surface area contributed by atoms with Crippen LogP contribution >= 0.6 is 12.4 Å². The van der Waals surface area contributed by atoms with E-state index in [1.165, 1.54) is 0 Å². The molecule has 8 nitrogen and oxygen atoms in total. The first-order valence-electron chi connectivity index (χ1n) is 8.44. The second-order valence-electron chi connectivity index (χ2n) is 5.99. The zero-order valence-electron chi connectivity index (χ0n) is 14.6. The van der Waals surface area contributed by atoms with Gasteiger partial charge in [0.1, 0.15) is 11.9 Å². The minimum absolute atomic E-state index is 0. The highest BCUT2D eigenvalue weighted by molar-refractivity contribution is 5.97. The smallest absolute Gasteiger partial charge is 0.247 e. The van der Waals surface area contributed by atoms with Crippen LogP contribution in [-0.2, 0) is 16.1 Å². The van der Waals surface area contributed by atoms with E-state index < -0.39 is 6.04 Å². The van der Waals surface area contributed by atoms with Crippen molar-refractivity contribution in [1.29, 1.82) is 0 Å². The number of carbonyl (C=O) groups is 2. The summed E-state index contributed by atoms with van der Waals surface area (Å²) >= 11 is 0. The third kappa shape index (κ3) is 4.20. The first-order chi connectivity index (χ1) is 12.1. The van der Waals surface area contributed by atoms with Gasteiger partial charge in [0.2, 0.25) is 11.8 Å². The zero-order valence-corrected chi connectivity index (χ0v) is 15.4. The maximum atomic E-state index is 12.5. The number of carbonyl (C=O) groups excluding carboxylic acids is 2. The number of rotatable bonds is 6. The van der Waals surface area contributed by atoms with Crippen LogP contribution < -0.4 is 11.1 Å². The molecule has 2 amide bonds. The monoisotopic (exact) mass is 378 g/mol. The standard InChI is InChI=1S/C17H22N6O2.ClH/c1-2-13(23-9-3-4-15(23)24)17(25)19-12-7-5-11(6-8-12)16-20-14(10-18)21-22-16;/h5-8,13H,2-4,9-10,18H2,1H3,(H,19,25)(H,20,21,22);1H. The topological polar surface area (TPSA) is 117 Å². The lowest BCUT2D eigenvalue weighted by Crippen LogP contribution is -2.44. The van der Waals surface area contributed by atoms with Crippen LogP contribution in [0.5, 0.6) is 0 Å². The quantitative estimate of drug-likeness (QED) is 0.707. The van der Waals surface area contributed by atoms with Gasteiger partial charge in [-0.25, -0.2) is 4.98 Å².